The van der Waals surface area contributed by atoms with Crippen LogP contribution < -0.4 is 15.0 Å². The van der Waals surface area contributed by atoms with Crippen LogP contribution in [0.25, 0.3) is 0 Å². The summed E-state index contributed by atoms with van der Waals surface area (Å²) < 4.78 is 11.1. The van der Waals surface area contributed by atoms with Crippen LogP contribution in [0.5, 0.6) is 5.75 Å². The SMILES string of the molecule is Cc1ccc(OCCN(C)CC(=O)Nc2ccc(N3CCOCC3)cc2)cc1. The van der Waals surface area contributed by atoms with Gasteiger partial charge in [-0.2, -0.15) is 0 Å². The van der Waals surface area contributed by atoms with Gasteiger partial charge in [0.05, 0.1) is 19.8 Å². The van der Waals surface area contributed by atoms with Crippen molar-refractivity contribution in [1.29, 1.82) is 0 Å². The van der Waals surface area contributed by atoms with Crippen LogP contribution in [-0.4, -0.2) is 63.9 Å². The van der Waals surface area contributed by atoms with E-state index in [4.69, 9.17) is 9.47 Å². The third kappa shape index (κ3) is 6.25. The van der Waals surface area contributed by atoms with E-state index < -0.39 is 0 Å². The maximum atomic E-state index is 12.3. The molecule has 0 bridgehead atoms. The molecule has 1 N–H and O–H groups in total. The highest BCUT2D eigenvalue weighted by atomic mass is 16.5. The number of likely N-dealkylation sites (N-methyl/N-ethyl adjacent to an activating group) is 1. The maximum absolute atomic E-state index is 12.3. The smallest absolute Gasteiger partial charge is 0.238 e. The fraction of sp³-hybridized carbons (Fsp3) is 0.409. The number of amides is 1. The Hall–Kier alpha value is -2.57. The van der Waals surface area contributed by atoms with Crippen LogP contribution in [0.1, 0.15) is 5.56 Å². The zero-order chi connectivity index (χ0) is 19.8. The Balaban J connectivity index is 1.38. The number of benzene rings is 2. The summed E-state index contributed by atoms with van der Waals surface area (Å²) in [5.41, 5.74) is 3.18. The molecule has 0 spiro atoms. The summed E-state index contributed by atoms with van der Waals surface area (Å²) in [4.78, 5) is 16.5. The Morgan fingerprint density at radius 3 is 2.46 bits per heavy atom. The highest BCUT2D eigenvalue weighted by Gasteiger charge is 2.11. The van der Waals surface area contributed by atoms with Crippen LogP contribution in [0.3, 0.4) is 0 Å². The lowest BCUT2D eigenvalue weighted by Crippen LogP contribution is -2.36. The van der Waals surface area contributed by atoms with Gasteiger partial charge in [0.1, 0.15) is 12.4 Å². The van der Waals surface area contributed by atoms with Gasteiger partial charge in [-0.1, -0.05) is 17.7 Å². The van der Waals surface area contributed by atoms with E-state index in [0.29, 0.717) is 19.7 Å². The van der Waals surface area contributed by atoms with Crippen molar-refractivity contribution in [3.63, 3.8) is 0 Å². The van der Waals surface area contributed by atoms with Gasteiger partial charge in [0, 0.05) is 31.0 Å². The van der Waals surface area contributed by atoms with Gasteiger partial charge in [0.15, 0.2) is 0 Å². The number of nitrogens with zero attached hydrogens (tertiary/aromatic N) is 2. The van der Waals surface area contributed by atoms with E-state index in [0.717, 1.165) is 43.4 Å². The Bertz CT molecular complexity index is 741. The molecule has 150 valence electrons. The summed E-state index contributed by atoms with van der Waals surface area (Å²) in [6.07, 6.45) is 0. The van der Waals surface area contributed by atoms with Crippen molar-refractivity contribution in [3.05, 3.63) is 54.1 Å². The lowest BCUT2D eigenvalue weighted by atomic mass is 10.2. The van der Waals surface area contributed by atoms with Crippen LogP contribution in [0.4, 0.5) is 11.4 Å². The standard InChI is InChI=1S/C22H29N3O3/c1-18-3-9-21(10-4-18)28-16-11-24(2)17-22(26)23-19-5-7-20(8-6-19)25-12-14-27-15-13-25/h3-10H,11-17H2,1-2H3,(H,23,26). The number of carbonyl (C=O) groups is 1. The topological polar surface area (TPSA) is 54.0 Å². The molecule has 0 unspecified atom stereocenters. The first-order valence-electron chi connectivity index (χ1n) is 9.71. The van der Waals surface area contributed by atoms with E-state index >= 15 is 0 Å². The van der Waals surface area contributed by atoms with Gasteiger partial charge in [-0.25, -0.2) is 0 Å². The van der Waals surface area contributed by atoms with Gasteiger partial charge >= 0.3 is 0 Å². The number of hydrogen-bond acceptors (Lipinski definition) is 5. The minimum atomic E-state index is -0.0306. The third-order valence-corrected chi connectivity index (χ3v) is 4.70. The number of carbonyl (C=O) groups excluding carboxylic acids is 1. The first kappa shape index (κ1) is 20.2. The summed E-state index contributed by atoms with van der Waals surface area (Å²) in [6, 6.07) is 15.9. The molecule has 1 fully saturated rings. The average molecular weight is 383 g/mol. The van der Waals surface area contributed by atoms with E-state index in [9.17, 15) is 4.79 Å². The molecule has 0 radical (unpaired) electrons. The lowest BCUT2D eigenvalue weighted by molar-refractivity contribution is -0.117. The van der Waals surface area contributed by atoms with Gasteiger partial charge < -0.3 is 19.7 Å². The highest BCUT2D eigenvalue weighted by Crippen LogP contribution is 2.19. The molecule has 0 aromatic heterocycles. The van der Waals surface area contributed by atoms with Crippen molar-refractivity contribution in [2.45, 2.75) is 6.92 Å². The van der Waals surface area contributed by atoms with Crippen LogP contribution in [-0.2, 0) is 9.53 Å². The quantitative estimate of drug-likeness (QED) is 0.760. The molecule has 2 aromatic carbocycles. The zero-order valence-corrected chi connectivity index (χ0v) is 16.7. The molecule has 0 atom stereocenters. The molecule has 1 aliphatic heterocycles. The molecular formula is C22H29N3O3. The second-order valence-electron chi connectivity index (χ2n) is 7.09. The van der Waals surface area contributed by atoms with Crippen molar-refractivity contribution < 1.29 is 14.3 Å². The molecule has 6 heteroatoms. The van der Waals surface area contributed by atoms with E-state index in [-0.39, 0.29) is 5.91 Å². The molecule has 1 aliphatic rings. The monoisotopic (exact) mass is 383 g/mol. The molecular weight excluding hydrogens is 354 g/mol. The van der Waals surface area contributed by atoms with E-state index in [1.54, 1.807) is 0 Å². The summed E-state index contributed by atoms with van der Waals surface area (Å²) in [6.45, 7) is 6.92. The first-order valence-corrected chi connectivity index (χ1v) is 9.71. The number of ether oxygens (including phenoxy) is 2. The molecule has 1 saturated heterocycles. The number of nitrogens with one attached hydrogen (secondary N) is 1. The number of aryl methyl sites for hydroxylation is 1. The average Bonchev–Trinajstić information content (AvgIpc) is 2.70. The molecule has 1 heterocycles. The Kier molecular flexibility index (Phi) is 7.28. The fourth-order valence-corrected chi connectivity index (χ4v) is 3.06. The maximum Gasteiger partial charge on any atom is 0.238 e. The highest BCUT2D eigenvalue weighted by molar-refractivity contribution is 5.92. The van der Waals surface area contributed by atoms with Crippen LogP contribution in [0.2, 0.25) is 0 Å². The van der Waals surface area contributed by atoms with E-state index in [1.165, 1.54) is 5.56 Å². The molecule has 28 heavy (non-hydrogen) atoms. The van der Waals surface area contributed by atoms with E-state index in [2.05, 4.69) is 10.2 Å². The van der Waals surface area contributed by atoms with Gasteiger partial charge in [0.25, 0.3) is 0 Å². The Labute approximate surface area is 167 Å². The van der Waals surface area contributed by atoms with Gasteiger partial charge in [-0.05, 0) is 50.4 Å². The molecule has 2 aromatic rings. The number of rotatable bonds is 8. The van der Waals surface area contributed by atoms with E-state index in [1.807, 2.05) is 67.4 Å². The van der Waals surface area contributed by atoms with Crippen molar-refractivity contribution in [2.24, 2.45) is 0 Å². The summed E-state index contributed by atoms with van der Waals surface area (Å²) in [5, 5.41) is 2.95. The second-order valence-corrected chi connectivity index (χ2v) is 7.09. The first-order chi connectivity index (χ1) is 13.6. The fourth-order valence-electron chi connectivity index (χ4n) is 3.06. The van der Waals surface area contributed by atoms with Gasteiger partial charge in [0.2, 0.25) is 5.91 Å². The summed E-state index contributed by atoms with van der Waals surface area (Å²) >= 11 is 0. The van der Waals surface area contributed by atoms with Gasteiger partial charge in [-0.3, -0.25) is 9.69 Å². The Morgan fingerprint density at radius 2 is 1.79 bits per heavy atom. The minimum Gasteiger partial charge on any atom is -0.492 e. The van der Waals surface area contributed by atoms with Crippen LogP contribution in [0, 0.1) is 6.92 Å². The predicted molar refractivity (Wildman–Crippen MR) is 112 cm³/mol. The van der Waals surface area contributed by atoms with Crippen molar-refractivity contribution in [2.75, 3.05) is 63.3 Å². The summed E-state index contributed by atoms with van der Waals surface area (Å²) in [5.74, 6) is 0.820. The van der Waals surface area contributed by atoms with Gasteiger partial charge in [-0.15, -0.1) is 0 Å². The number of hydrogen-bond donors (Lipinski definition) is 1. The number of morpholine rings is 1. The predicted octanol–water partition coefficient (Wildman–Crippen LogP) is 2.78. The molecule has 0 saturated carbocycles. The molecule has 3 rings (SSSR count). The minimum absolute atomic E-state index is 0.0306. The second kappa shape index (κ2) is 10.1. The normalized spacial score (nSPS) is 14.2. The molecule has 0 aliphatic carbocycles. The Morgan fingerprint density at radius 1 is 1.11 bits per heavy atom. The third-order valence-electron chi connectivity index (χ3n) is 4.70. The van der Waals surface area contributed by atoms with Crippen molar-refractivity contribution >= 4 is 17.3 Å². The zero-order valence-electron chi connectivity index (χ0n) is 16.7. The van der Waals surface area contributed by atoms with Crippen LogP contribution >= 0.6 is 0 Å². The molecule has 6 nitrogen and oxygen atoms in total. The number of anilines is 2. The van der Waals surface area contributed by atoms with Crippen molar-refractivity contribution in [3.8, 4) is 5.75 Å². The lowest BCUT2D eigenvalue weighted by Gasteiger charge is -2.28. The van der Waals surface area contributed by atoms with Crippen molar-refractivity contribution in [1.82, 2.24) is 4.90 Å². The van der Waals surface area contributed by atoms with Crippen LogP contribution in [0.15, 0.2) is 48.5 Å². The molecule has 1 amide bonds. The summed E-state index contributed by atoms with van der Waals surface area (Å²) in [7, 11) is 1.92. The largest absolute Gasteiger partial charge is 0.492 e.